The number of carboxylic acid groups (broad SMARTS) is 1. The van der Waals surface area contributed by atoms with Crippen LogP contribution in [0.1, 0.15) is 25.7 Å². The summed E-state index contributed by atoms with van der Waals surface area (Å²) in [6.45, 7) is 1.68. The first-order chi connectivity index (χ1) is 10.6. The van der Waals surface area contributed by atoms with Crippen molar-refractivity contribution in [2.45, 2.75) is 26.2 Å². The van der Waals surface area contributed by atoms with Crippen LogP contribution in [0.5, 0.6) is 0 Å². The molecule has 0 saturated heterocycles. The van der Waals surface area contributed by atoms with Crippen molar-refractivity contribution in [3.05, 3.63) is 23.4 Å². The second kappa shape index (κ2) is 7.69. The minimum atomic E-state index is -0.924. The largest absolute Gasteiger partial charge is 0.481 e. The zero-order valence-corrected chi connectivity index (χ0v) is 12.9. The molecule has 0 spiro atoms. The van der Waals surface area contributed by atoms with Crippen LogP contribution < -0.4 is 5.32 Å². The summed E-state index contributed by atoms with van der Waals surface area (Å²) in [5.41, 5.74) is 0. The fourth-order valence-electron chi connectivity index (χ4n) is 1.71. The van der Waals surface area contributed by atoms with Gasteiger partial charge in [0.1, 0.15) is 0 Å². The van der Waals surface area contributed by atoms with Gasteiger partial charge in [0.05, 0.1) is 10.8 Å². The highest BCUT2D eigenvalue weighted by Crippen LogP contribution is 2.21. The Morgan fingerprint density at radius 2 is 2.32 bits per heavy atom. The van der Waals surface area contributed by atoms with Crippen LogP contribution in [0.3, 0.4) is 0 Å². The Morgan fingerprint density at radius 1 is 1.50 bits per heavy atom. The van der Waals surface area contributed by atoms with Crippen LogP contribution in [0.4, 0.5) is 0 Å². The smallest absolute Gasteiger partial charge is 0.308 e. The van der Waals surface area contributed by atoms with Crippen LogP contribution in [-0.4, -0.2) is 33.7 Å². The maximum atomic E-state index is 11.6. The van der Waals surface area contributed by atoms with Crippen molar-refractivity contribution >= 4 is 23.2 Å². The number of carbonyl (C=O) groups excluding carboxylic acids is 1. The van der Waals surface area contributed by atoms with Gasteiger partial charge in [0, 0.05) is 19.4 Å². The topological polar surface area (TPSA) is 105 Å². The number of hydrogen-bond acceptors (Lipinski definition) is 6. The summed E-state index contributed by atoms with van der Waals surface area (Å²) in [4.78, 5) is 27.4. The van der Waals surface area contributed by atoms with Crippen LogP contribution in [0.2, 0.25) is 0 Å². The summed E-state index contributed by atoms with van der Waals surface area (Å²) in [7, 11) is 0. The fraction of sp³-hybridized carbons (Fsp3) is 0.429. The zero-order chi connectivity index (χ0) is 15.9. The van der Waals surface area contributed by atoms with Gasteiger partial charge in [-0.15, -0.1) is 11.3 Å². The van der Waals surface area contributed by atoms with Gasteiger partial charge in [-0.1, -0.05) is 18.1 Å². The molecule has 2 aromatic rings. The SMILES string of the molecule is CC(CNC(=O)CCCc1nc(-c2cccs2)no1)C(=O)O. The molecular weight excluding hydrogens is 306 g/mol. The molecule has 1 amide bonds. The number of nitrogens with one attached hydrogen (secondary N) is 1. The summed E-state index contributed by atoms with van der Waals surface area (Å²) in [5.74, 6) is -0.633. The van der Waals surface area contributed by atoms with Crippen molar-refractivity contribution in [1.29, 1.82) is 0 Å². The normalized spacial score (nSPS) is 12.0. The highest BCUT2D eigenvalue weighted by molar-refractivity contribution is 7.13. The van der Waals surface area contributed by atoms with Crippen LogP contribution in [-0.2, 0) is 16.0 Å². The summed E-state index contributed by atoms with van der Waals surface area (Å²) < 4.78 is 5.14. The van der Waals surface area contributed by atoms with E-state index >= 15 is 0 Å². The van der Waals surface area contributed by atoms with Gasteiger partial charge >= 0.3 is 5.97 Å². The molecule has 2 N–H and O–H groups in total. The Labute approximate surface area is 131 Å². The van der Waals surface area contributed by atoms with Gasteiger partial charge in [0.25, 0.3) is 0 Å². The summed E-state index contributed by atoms with van der Waals surface area (Å²) >= 11 is 1.53. The predicted octanol–water partition coefficient (Wildman–Crippen LogP) is 1.96. The van der Waals surface area contributed by atoms with Gasteiger partial charge in [-0.3, -0.25) is 9.59 Å². The third-order valence-corrected chi connectivity index (χ3v) is 3.90. The zero-order valence-electron chi connectivity index (χ0n) is 12.1. The van der Waals surface area contributed by atoms with Crippen molar-refractivity contribution in [1.82, 2.24) is 15.5 Å². The fourth-order valence-corrected chi connectivity index (χ4v) is 2.35. The molecule has 2 rings (SSSR count). The van der Waals surface area contributed by atoms with Crippen LogP contribution in [0, 0.1) is 5.92 Å². The highest BCUT2D eigenvalue weighted by atomic mass is 32.1. The average Bonchev–Trinajstić information content (AvgIpc) is 3.15. The third kappa shape index (κ3) is 4.66. The number of carboxylic acids is 1. The first-order valence-corrected chi connectivity index (χ1v) is 7.80. The molecule has 2 aromatic heterocycles. The van der Waals surface area contributed by atoms with Gasteiger partial charge in [-0.2, -0.15) is 4.98 Å². The van der Waals surface area contributed by atoms with E-state index in [-0.39, 0.29) is 12.5 Å². The summed E-state index contributed by atoms with van der Waals surface area (Å²) in [6.07, 6.45) is 1.38. The molecule has 0 aliphatic rings. The molecule has 0 saturated carbocycles. The van der Waals surface area contributed by atoms with E-state index in [4.69, 9.17) is 9.63 Å². The van der Waals surface area contributed by atoms with Crippen molar-refractivity contribution in [2.24, 2.45) is 5.92 Å². The molecule has 1 unspecified atom stereocenters. The van der Waals surface area contributed by atoms with E-state index in [9.17, 15) is 9.59 Å². The molecule has 1 atom stereocenters. The van der Waals surface area contributed by atoms with Gasteiger partial charge < -0.3 is 14.9 Å². The molecule has 0 radical (unpaired) electrons. The number of hydrogen-bond donors (Lipinski definition) is 2. The molecule has 0 bridgehead atoms. The maximum absolute atomic E-state index is 11.6. The second-order valence-electron chi connectivity index (χ2n) is 4.89. The van der Waals surface area contributed by atoms with Crippen molar-refractivity contribution in [3.8, 4) is 10.7 Å². The number of rotatable bonds is 8. The van der Waals surface area contributed by atoms with Crippen LogP contribution in [0.15, 0.2) is 22.0 Å². The standard InChI is InChI=1S/C14H17N3O4S/c1-9(14(19)20)8-15-11(18)5-2-6-12-16-13(17-21-12)10-4-3-7-22-10/h3-4,7,9H,2,5-6,8H2,1H3,(H,15,18)(H,19,20). The number of thiophene rings is 1. The van der Waals surface area contributed by atoms with E-state index in [1.165, 1.54) is 11.3 Å². The number of amides is 1. The van der Waals surface area contributed by atoms with E-state index in [0.717, 1.165) is 4.88 Å². The first-order valence-electron chi connectivity index (χ1n) is 6.92. The second-order valence-corrected chi connectivity index (χ2v) is 5.83. The Balaban J connectivity index is 1.70. The van der Waals surface area contributed by atoms with E-state index in [0.29, 0.717) is 31.0 Å². The van der Waals surface area contributed by atoms with E-state index in [1.807, 2.05) is 17.5 Å². The molecule has 22 heavy (non-hydrogen) atoms. The third-order valence-electron chi connectivity index (χ3n) is 3.03. The minimum absolute atomic E-state index is 0.136. The highest BCUT2D eigenvalue weighted by Gasteiger charge is 2.13. The molecule has 8 heteroatoms. The number of nitrogens with zero attached hydrogens (tertiary/aromatic N) is 2. The van der Waals surface area contributed by atoms with Gasteiger partial charge in [0.15, 0.2) is 0 Å². The Hall–Kier alpha value is -2.22. The molecule has 118 valence electrons. The lowest BCUT2D eigenvalue weighted by molar-refractivity contribution is -0.141. The van der Waals surface area contributed by atoms with Gasteiger partial charge in [-0.05, 0) is 17.9 Å². The molecule has 2 heterocycles. The van der Waals surface area contributed by atoms with Crippen LogP contribution in [0.25, 0.3) is 10.7 Å². The van der Waals surface area contributed by atoms with E-state index in [2.05, 4.69) is 15.5 Å². The van der Waals surface area contributed by atoms with E-state index < -0.39 is 11.9 Å². The Bertz CT molecular complexity index is 624. The molecule has 0 aliphatic heterocycles. The van der Waals surface area contributed by atoms with Crippen molar-refractivity contribution in [2.75, 3.05) is 6.54 Å². The quantitative estimate of drug-likeness (QED) is 0.769. The number of aryl methyl sites for hydroxylation is 1. The van der Waals surface area contributed by atoms with E-state index in [1.54, 1.807) is 6.92 Å². The van der Waals surface area contributed by atoms with Gasteiger partial charge in [0.2, 0.25) is 17.6 Å². The maximum Gasteiger partial charge on any atom is 0.308 e. The lowest BCUT2D eigenvalue weighted by Gasteiger charge is -2.07. The number of aliphatic carboxylic acids is 1. The first kappa shape index (κ1) is 16.2. The average molecular weight is 323 g/mol. The Kier molecular flexibility index (Phi) is 5.65. The number of carbonyl (C=O) groups is 2. The minimum Gasteiger partial charge on any atom is -0.481 e. The van der Waals surface area contributed by atoms with Crippen molar-refractivity contribution in [3.63, 3.8) is 0 Å². The molecule has 0 aromatic carbocycles. The Morgan fingerprint density at radius 3 is 3.00 bits per heavy atom. The summed E-state index contributed by atoms with van der Waals surface area (Å²) in [6, 6.07) is 3.83. The number of aromatic nitrogens is 2. The lowest BCUT2D eigenvalue weighted by Crippen LogP contribution is -2.31. The van der Waals surface area contributed by atoms with Crippen molar-refractivity contribution < 1.29 is 19.2 Å². The van der Waals surface area contributed by atoms with Gasteiger partial charge in [-0.25, -0.2) is 0 Å². The molecular formula is C14H17N3O4S. The molecule has 0 aliphatic carbocycles. The molecule has 7 nitrogen and oxygen atoms in total. The monoisotopic (exact) mass is 323 g/mol. The summed E-state index contributed by atoms with van der Waals surface area (Å²) in [5, 5.41) is 17.1. The van der Waals surface area contributed by atoms with Crippen LogP contribution >= 0.6 is 11.3 Å². The predicted molar refractivity (Wildman–Crippen MR) is 80.4 cm³/mol. The lowest BCUT2D eigenvalue weighted by atomic mass is 10.2. The molecule has 0 fully saturated rings.